The Hall–Kier alpha value is -1.64. The van der Waals surface area contributed by atoms with Crippen LogP contribution in [-0.2, 0) is 0 Å². The second-order valence-corrected chi connectivity index (χ2v) is 5.53. The van der Waals surface area contributed by atoms with Crippen molar-refractivity contribution < 1.29 is 8.78 Å². The van der Waals surface area contributed by atoms with Crippen molar-refractivity contribution in [2.45, 2.75) is 5.38 Å². The zero-order valence-electron chi connectivity index (χ0n) is 10.8. The third-order valence-corrected chi connectivity index (χ3v) is 4.23. The largest absolute Gasteiger partial charge is 0.204 e. The maximum absolute atomic E-state index is 13.9. The Balaban J connectivity index is 2.21. The van der Waals surface area contributed by atoms with E-state index in [1.54, 1.807) is 12.1 Å². The van der Waals surface area contributed by atoms with Crippen molar-refractivity contribution in [3.05, 3.63) is 82.4 Å². The molecule has 106 valence electrons. The normalized spacial score (nSPS) is 12.6. The number of benzene rings is 3. The van der Waals surface area contributed by atoms with Crippen molar-refractivity contribution in [1.29, 1.82) is 0 Å². The van der Waals surface area contributed by atoms with Crippen LogP contribution in [0.4, 0.5) is 8.78 Å². The molecule has 0 aliphatic heterocycles. The summed E-state index contributed by atoms with van der Waals surface area (Å²) in [4.78, 5) is 0. The lowest BCUT2D eigenvalue weighted by molar-refractivity contribution is 0.500. The Labute approximate surface area is 130 Å². The van der Waals surface area contributed by atoms with Crippen LogP contribution in [0.1, 0.15) is 16.5 Å². The highest BCUT2D eigenvalue weighted by atomic mass is 35.5. The van der Waals surface area contributed by atoms with Gasteiger partial charge in [0.15, 0.2) is 11.6 Å². The maximum atomic E-state index is 13.9. The molecule has 3 aromatic carbocycles. The molecular formula is C17H10Cl2F2. The van der Waals surface area contributed by atoms with Crippen molar-refractivity contribution in [3.63, 3.8) is 0 Å². The molecule has 3 rings (SSSR count). The average Bonchev–Trinajstić information content (AvgIpc) is 2.50. The predicted octanol–water partition coefficient (Wildman–Crippen LogP) is 6.10. The van der Waals surface area contributed by atoms with E-state index >= 15 is 0 Å². The monoisotopic (exact) mass is 322 g/mol. The molecule has 21 heavy (non-hydrogen) atoms. The molecule has 1 unspecified atom stereocenters. The summed E-state index contributed by atoms with van der Waals surface area (Å²) in [5.41, 5.74) is 0.810. The molecule has 0 aromatic heterocycles. The van der Waals surface area contributed by atoms with Gasteiger partial charge < -0.3 is 0 Å². The number of hydrogen-bond donors (Lipinski definition) is 0. The molecule has 0 N–H and O–H groups in total. The van der Waals surface area contributed by atoms with Gasteiger partial charge in [0.05, 0.1) is 5.38 Å². The van der Waals surface area contributed by atoms with Gasteiger partial charge in [-0.25, -0.2) is 8.78 Å². The Kier molecular flexibility index (Phi) is 3.83. The van der Waals surface area contributed by atoms with Gasteiger partial charge in [0.1, 0.15) is 0 Å². The first-order valence-corrected chi connectivity index (χ1v) is 7.16. The molecule has 0 aliphatic rings. The third kappa shape index (κ3) is 2.50. The Morgan fingerprint density at radius 2 is 1.48 bits per heavy atom. The van der Waals surface area contributed by atoms with Crippen molar-refractivity contribution in [1.82, 2.24) is 0 Å². The highest BCUT2D eigenvalue weighted by Crippen LogP contribution is 2.37. The van der Waals surface area contributed by atoms with Gasteiger partial charge in [0, 0.05) is 16.0 Å². The van der Waals surface area contributed by atoms with Crippen LogP contribution >= 0.6 is 23.2 Å². The summed E-state index contributed by atoms with van der Waals surface area (Å²) < 4.78 is 27.3. The standard InChI is InChI=1S/C17H10Cl2F2/c18-14-9-8-12(10-4-1-2-5-11(10)14)16(19)13-6-3-7-15(20)17(13)21/h1-9,16H. The molecular weight excluding hydrogens is 313 g/mol. The minimum atomic E-state index is -0.920. The lowest BCUT2D eigenvalue weighted by Crippen LogP contribution is -2.00. The smallest absolute Gasteiger partial charge is 0.163 e. The predicted molar refractivity (Wildman–Crippen MR) is 83.0 cm³/mol. The van der Waals surface area contributed by atoms with E-state index in [1.165, 1.54) is 12.1 Å². The van der Waals surface area contributed by atoms with E-state index < -0.39 is 17.0 Å². The minimum absolute atomic E-state index is 0.115. The lowest BCUT2D eigenvalue weighted by Gasteiger charge is -2.15. The molecule has 0 saturated carbocycles. The Morgan fingerprint density at radius 3 is 2.24 bits per heavy atom. The summed E-state index contributed by atoms with van der Waals surface area (Å²) in [6.07, 6.45) is 0. The fraction of sp³-hybridized carbons (Fsp3) is 0.0588. The van der Waals surface area contributed by atoms with Crippen LogP contribution < -0.4 is 0 Å². The van der Waals surface area contributed by atoms with Gasteiger partial charge in [-0.15, -0.1) is 11.6 Å². The molecule has 0 bridgehead atoms. The van der Waals surface area contributed by atoms with Gasteiger partial charge in [-0.2, -0.15) is 0 Å². The van der Waals surface area contributed by atoms with E-state index in [0.717, 1.165) is 16.8 Å². The average molecular weight is 323 g/mol. The van der Waals surface area contributed by atoms with E-state index in [2.05, 4.69) is 0 Å². The first kappa shape index (κ1) is 14.3. The molecule has 0 aliphatic carbocycles. The molecule has 0 nitrogen and oxygen atoms in total. The third-order valence-electron chi connectivity index (χ3n) is 3.43. The molecule has 4 heteroatoms. The quantitative estimate of drug-likeness (QED) is 0.500. The number of halogens is 4. The van der Waals surface area contributed by atoms with Gasteiger partial charge in [-0.3, -0.25) is 0 Å². The van der Waals surface area contributed by atoms with Crippen LogP contribution in [0, 0.1) is 11.6 Å². The zero-order valence-corrected chi connectivity index (χ0v) is 12.3. The molecule has 1 atom stereocenters. The van der Waals surface area contributed by atoms with Gasteiger partial charge in [0.25, 0.3) is 0 Å². The molecule has 0 radical (unpaired) electrons. The van der Waals surface area contributed by atoms with Gasteiger partial charge in [-0.1, -0.05) is 54.1 Å². The summed E-state index contributed by atoms with van der Waals surface area (Å²) in [6.45, 7) is 0. The number of fused-ring (bicyclic) bond motifs is 1. The van der Waals surface area contributed by atoms with Crippen molar-refractivity contribution in [2.24, 2.45) is 0 Å². The topological polar surface area (TPSA) is 0 Å². The molecule has 0 heterocycles. The van der Waals surface area contributed by atoms with Crippen molar-refractivity contribution in [2.75, 3.05) is 0 Å². The van der Waals surface area contributed by atoms with Crippen LogP contribution in [0.2, 0.25) is 5.02 Å². The van der Waals surface area contributed by atoms with Gasteiger partial charge in [0.2, 0.25) is 0 Å². The highest BCUT2D eigenvalue weighted by Gasteiger charge is 2.20. The number of hydrogen-bond acceptors (Lipinski definition) is 0. The SMILES string of the molecule is Fc1cccc(C(Cl)c2ccc(Cl)c3ccccc23)c1F. The van der Waals surface area contributed by atoms with Crippen molar-refractivity contribution in [3.8, 4) is 0 Å². The first-order chi connectivity index (χ1) is 10.1. The zero-order chi connectivity index (χ0) is 15.0. The van der Waals surface area contributed by atoms with Gasteiger partial charge >= 0.3 is 0 Å². The second kappa shape index (κ2) is 5.63. The van der Waals surface area contributed by atoms with E-state index in [9.17, 15) is 8.78 Å². The minimum Gasteiger partial charge on any atom is -0.204 e. The number of rotatable bonds is 2. The molecule has 0 fully saturated rings. The molecule has 0 saturated heterocycles. The van der Waals surface area contributed by atoms with Crippen LogP contribution in [0.25, 0.3) is 10.8 Å². The number of alkyl halides is 1. The van der Waals surface area contributed by atoms with Crippen molar-refractivity contribution >= 4 is 34.0 Å². The van der Waals surface area contributed by atoms with E-state index in [1.807, 2.05) is 24.3 Å². The summed E-state index contributed by atoms with van der Waals surface area (Å²) in [5, 5.41) is 1.47. The van der Waals surface area contributed by atoms with Crippen LogP contribution in [0.15, 0.2) is 54.6 Å². The maximum Gasteiger partial charge on any atom is 0.163 e. The Bertz CT molecular complexity index is 815. The van der Waals surface area contributed by atoms with E-state index in [4.69, 9.17) is 23.2 Å². The van der Waals surface area contributed by atoms with Gasteiger partial charge in [-0.05, 0) is 23.1 Å². The second-order valence-electron chi connectivity index (χ2n) is 4.69. The molecule has 0 spiro atoms. The van der Waals surface area contributed by atoms with Crippen LogP contribution in [0.5, 0.6) is 0 Å². The van der Waals surface area contributed by atoms with Crippen LogP contribution in [0.3, 0.4) is 0 Å². The lowest BCUT2D eigenvalue weighted by atomic mass is 9.97. The molecule has 0 amide bonds. The fourth-order valence-corrected chi connectivity index (χ4v) is 2.98. The summed E-state index contributed by atoms with van der Waals surface area (Å²) >= 11 is 12.5. The Morgan fingerprint density at radius 1 is 0.762 bits per heavy atom. The molecule has 3 aromatic rings. The van der Waals surface area contributed by atoms with E-state index in [0.29, 0.717) is 10.6 Å². The first-order valence-electron chi connectivity index (χ1n) is 6.34. The van der Waals surface area contributed by atoms with E-state index in [-0.39, 0.29) is 5.56 Å². The fourth-order valence-electron chi connectivity index (χ4n) is 2.39. The van der Waals surface area contributed by atoms with Crippen LogP contribution in [-0.4, -0.2) is 0 Å². The summed E-state index contributed by atoms with van der Waals surface area (Å²) in [6, 6.07) is 14.9. The summed E-state index contributed by atoms with van der Waals surface area (Å²) in [5.74, 6) is -1.83. The summed E-state index contributed by atoms with van der Waals surface area (Å²) in [7, 11) is 0. The highest BCUT2D eigenvalue weighted by molar-refractivity contribution is 6.36.